The minimum absolute atomic E-state index is 0.136. The molecule has 0 atom stereocenters. The molecule has 0 saturated carbocycles. The highest BCUT2D eigenvalue weighted by Gasteiger charge is 2.27. The number of aryl methyl sites for hydroxylation is 1. The fourth-order valence-electron chi connectivity index (χ4n) is 4.10. The van der Waals surface area contributed by atoms with Crippen LogP contribution in [0.2, 0.25) is 0 Å². The molecule has 2 amide bonds. The maximum Gasteiger partial charge on any atom is 0.255 e. The molecule has 8 nitrogen and oxygen atoms in total. The average Bonchev–Trinajstić information content (AvgIpc) is 3.22. The van der Waals surface area contributed by atoms with Gasteiger partial charge in [0.1, 0.15) is 5.76 Å². The first kappa shape index (κ1) is 24.7. The van der Waals surface area contributed by atoms with Crippen LogP contribution >= 0.6 is 0 Å². The normalized spacial score (nSPS) is 14.8. The van der Waals surface area contributed by atoms with E-state index in [4.69, 9.17) is 4.42 Å². The van der Waals surface area contributed by atoms with Crippen LogP contribution in [-0.2, 0) is 16.6 Å². The van der Waals surface area contributed by atoms with Crippen LogP contribution in [0.4, 0.5) is 5.69 Å². The van der Waals surface area contributed by atoms with Crippen LogP contribution < -0.4 is 10.6 Å². The van der Waals surface area contributed by atoms with Crippen LogP contribution in [0.15, 0.2) is 70.2 Å². The van der Waals surface area contributed by atoms with E-state index in [2.05, 4.69) is 10.6 Å². The molecular formula is C26H29N3O5S. The van der Waals surface area contributed by atoms with Gasteiger partial charge in [-0.25, -0.2) is 8.42 Å². The molecule has 0 aliphatic carbocycles. The predicted molar refractivity (Wildman–Crippen MR) is 133 cm³/mol. The van der Waals surface area contributed by atoms with Crippen molar-refractivity contribution in [3.05, 3.63) is 83.3 Å². The van der Waals surface area contributed by atoms with E-state index in [0.29, 0.717) is 30.1 Å². The Morgan fingerprint density at radius 2 is 1.69 bits per heavy atom. The van der Waals surface area contributed by atoms with E-state index in [1.54, 1.807) is 55.5 Å². The summed E-state index contributed by atoms with van der Waals surface area (Å²) in [6, 6.07) is 14.8. The second-order valence-corrected chi connectivity index (χ2v) is 10.5. The summed E-state index contributed by atoms with van der Waals surface area (Å²) >= 11 is 0. The van der Waals surface area contributed by atoms with Crippen LogP contribution in [0.25, 0.3) is 0 Å². The Kier molecular flexibility index (Phi) is 7.67. The first-order valence-electron chi connectivity index (χ1n) is 11.7. The Balaban J connectivity index is 1.53. The number of hydrogen-bond donors (Lipinski definition) is 2. The van der Waals surface area contributed by atoms with Crippen molar-refractivity contribution in [1.82, 2.24) is 9.62 Å². The summed E-state index contributed by atoms with van der Waals surface area (Å²) in [5.41, 5.74) is 1.40. The lowest BCUT2D eigenvalue weighted by Gasteiger charge is -2.21. The van der Waals surface area contributed by atoms with E-state index in [1.165, 1.54) is 16.6 Å². The van der Waals surface area contributed by atoms with Crippen LogP contribution in [0.5, 0.6) is 0 Å². The minimum Gasteiger partial charge on any atom is -0.467 e. The molecule has 0 radical (unpaired) electrons. The highest BCUT2D eigenvalue weighted by Crippen LogP contribution is 2.25. The average molecular weight is 496 g/mol. The number of para-hydroxylation sites is 1. The maximum absolute atomic E-state index is 13.3. The largest absolute Gasteiger partial charge is 0.467 e. The number of furan rings is 1. The van der Waals surface area contributed by atoms with E-state index < -0.39 is 15.9 Å². The van der Waals surface area contributed by atoms with Gasteiger partial charge in [0, 0.05) is 18.7 Å². The van der Waals surface area contributed by atoms with Gasteiger partial charge in [0.25, 0.3) is 11.8 Å². The number of hydrogen-bond acceptors (Lipinski definition) is 5. The van der Waals surface area contributed by atoms with E-state index >= 15 is 0 Å². The summed E-state index contributed by atoms with van der Waals surface area (Å²) in [5.74, 6) is -0.257. The third-order valence-electron chi connectivity index (χ3n) is 6.06. The molecule has 0 unspecified atom stereocenters. The molecule has 2 N–H and O–H groups in total. The van der Waals surface area contributed by atoms with Crippen molar-refractivity contribution in [2.75, 3.05) is 18.4 Å². The Hall–Kier alpha value is -3.43. The standard InChI is InChI=1S/C26H29N3O5S/c1-19-12-13-20(17-24(19)35(32,33)29-14-6-2-3-7-15-29)25(30)28-23-11-5-4-10-22(23)26(31)27-18-21-9-8-16-34-21/h4-5,8-13,16-17H,2-3,6-7,14-15,18H2,1H3,(H,27,31)(H,28,30). The quantitative estimate of drug-likeness (QED) is 0.507. The van der Waals surface area contributed by atoms with E-state index in [1.807, 2.05) is 0 Å². The molecule has 9 heteroatoms. The Bertz CT molecular complexity index is 1290. The van der Waals surface area contributed by atoms with Crippen LogP contribution in [-0.4, -0.2) is 37.6 Å². The number of sulfonamides is 1. The molecular weight excluding hydrogens is 466 g/mol. The molecule has 1 fully saturated rings. The molecule has 1 aliphatic heterocycles. The van der Waals surface area contributed by atoms with Gasteiger partial charge in [-0.05, 0) is 61.7 Å². The van der Waals surface area contributed by atoms with Gasteiger partial charge in [-0.2, -0.15) is 4.31 Å². The number of nitrogens with zero attached hydrogens (tertiary/aromatic N) is 1. The monoisotopic (exact) mass is 495 g/mol. The first-order chi connectivity index (χ1) is 16.9. The molecule has 2 aromatic carbocycles. The third-order valence-corrected chi connectivity index (χ3v) is 8.10. The van der Waals surface area contributed by atoms with Gasteiger partial charge in [-0.3, -0.25) is 9.59 Å². The lowest BCUT2D eigenvalue weighted by Crippen LogP contribution is -2.32. The summed E-state index contributed by atoms with van der Waals surface area (Å²) in [5, 5.41) is 5.52. The number of amides is 2. The molecule has 0 spiro atoms. The SMILES string of the molecule is Cc1ccc(C(=O)Nc2ccccc2C(=O)NCc2ccco2)cc1S(=O)(=O)N1CCCCCC1. The lowest BCUT2D eigenvalue weighted by molar-refractivity contribution is 0.0949. The topological polar surface area (TPSA) is 109 Å². The zero-order valence-electron chi connectivity index (χ0n) is 19.6. The molecule has 3 aromatic rings. The van der Waals surface area contributed by atoms with Gasteiger partial charge in [0.15, 0.2) is 0 Å². The highest BCUT2D eigenvalue weighted by atomic mass is 32.2. The second-order valence-electron chi connectivity index (χ2n) is 8.56. The smallest absolute Gasteiger partial charge is 0.255 e. The molecule has 2 heterocycles. The maximum atomic E-state index is 13.3. The van der Waals surface area contributed by atoms with Crippen molar-refractivity contribution < 1.29 is 22.4 Å². The molecule has 35 heavy (non-hydrogen) atoms. The number of anilines is 1. The van der Waals surface area contributed by atoms with Crippen LogP contribution in [0.3, 0.4) is 0 Å². The van der Waals surface area contributed by atoms with Crippen molar-refractivity contribution >= 4 is 27.5 Å². The first-order valence-corrected chi connectivity index (χ1v) is 13.1. The molecule has 184 valence electrons. The van der Waals surface area contributed by atoms with Gasteiger partial charge in [0.05, 0.1) is 29.0 Å². The summed E-state index contributed by atoms with van der Waals surface area (Å²) in [7, 11) is -3.72. The van der Waals surface area contributed by atoms with E-state index in [0.717, 1.165) is 25.7 Å². The van der Waals surface area contributed by atoms with Crippen molar-refractivity contribution in [2.24, 2.45) is 0 Å². The Morgan fingerprint density at radius 3 is 2.40 bits per heavy atom. The fourth-order valence-corrected chi connectivity index (χ4v) is 5.87. The van der Waals surface area contributed by atoms with Gasteiger partial charge in [-0.1, -0.05) is 31.0 Å². The highest BCUT2D eigenvalue weighted by molar-refractivity contribution is 7.89. The van der Waals surface area contributed by atoms with Crippen molar-refractivity contribution in [2.45, 2.75) is 44.0 Å². The van der Waals surface area contributed by atoms with Crippen molar-refractivity contribution in [3.8, 4) is 0 Å². The van der Waals surface area contributed by atoms with E-state index in [9.17, 15) is 18.0 Å². The van der Waals surface area contributed by atoms with Gasteiger partial charge >= 0.3 is 0 Å². The number of carbonyl (C=O) groups excluding carboxylic acids is 2. The van der Waals surface area contributed by atoms with E-state index in [-0.39, 0.29) is 28.5 Å². The predicted octanol–water partition coefficient (Wildman–Crippen LogP) is 4.34. The van der Waals surface area contributed by atoms with Gasteiger partial charge < -0.3 is 15.1 Å². The Labute approximate surface area is 205 Å². The summed E-state index contributed by atoms with van der Waals surface area (Å²) in [6.45, 7) is 2.91. The van der Waals surface area contributed by atoms with Gasteiger partial charge in [0.2, 0.25) is 10.0 Å². The lowest BCUT2D eigenvalue weighted by atomic mass is 10.1. The molecule has 1 saturated heterocycles. The summed E-state index contributed by atoms with van der Waals surface area (Å²) in [6.07, 6.45) is 5.22. The number of rotatable bonds is 7. The van der Waals surface area contributed by atoms with Crippen LogP contribution in [0, 0.1) is 6.92 Å². The molecule has 0 bridgehead atoms. The van der Waals surface area contributed by atoms with Crippen LogP contribution in [0.1, 0.15) is 57.7 Å². The fraction of sp³-hybridized carbons (Fsp3) is 0.308. The third kappa shape index (κ3) is 5.80. The van der Waals surface area contributed by atoms with Gasteiger partial charge in [-0.15, -0.1) is 0 Å². The van der Waals surface area contributed by atoms with Crippen molar-refractivity contribution in [1.29, 1.82) is 0 Å². The molecule has 4 rings (SSSR count). The zero-order chi connectivity index (χ0) is 24.8. The minimum atomic E-state index is -3.72. The molecule has 1 aromatic heterocycles. The Morgan fingerprint density at radius 1 is 0.943 bits per heavy atom. The number of carbonyl (C=O) groups is 2. The number of nitrogens with one attached hydrogen (secondary N) is 2. The molecule has 1 aliphatic rings. The van der Waals surface area contributed by atoms with Crippen molar-refractivity contribution in [3.63, 3.8) is 0 Å². The second kappa shape index (κ2) is 10.9. The summed E-state index contributed by atoms with van der Waals surface area (Å²) < 4.78 is 33.4. The summed E-state index contributed by atoms with van der Waals surface area (Å²) in [4.78, 5) is 25.9. The number of benzene rings is 2. The zero-order valence-corrected chi connectivity index (χ0v) is 20.4.